The first-order valence-corrected chi connectivity index (χ1v) is 5.57. The van der Waals surface area contributed by atoms with E-state index in [1.54, 1.807) is 18.6 Å². The first-order chi connectivity index (χ1) is 8.22. The molecule has 0 bridgehead atoms. The summed E-state index contributed by atoms with van der Waals surface area (Å²) in [5.41, 5.74) is 1.22. The number of aryl methyl sites for hydroxylation is 1. The fourth-order valence-electron chi connectivity index (χ4n) is 1.39. The van der Waals surface area contributed by atoms with Crippen LogP contribution in [0.2, 0.25) is 5.02 Å². The molecule has 0 aliphatic rings. The smallest absolute Gasteiger partial charge is 0.287 e. The van der Waals surface area contributed by atoms with Crippen LogP contribution in [0.5, 0.6) is 0 Å². The SMILES string of the molecule is CCn1ncc(NCc2cn[nH]c2)c(Cl)c1=O. The summed E-state index contributed by atoms with van der Waals surface area (Å²) in [5, 5.41) is 13.7. The molecule has 0 spiro atoms. The number of nitrogens with one attached hydrogen (secondary N) is 2. The average molecular weight is 254 g/mol. The van der Waals surface area contributed by atoms with E-state index in [0.29, 0.717) is 18.8 Å². The third kappa shape index (κ3) is 2.47. The molecule has 0 aliphatic heterocycles. The van der Waals surface area contributed by atoms with Gasteiger partial charge in [-0.3, -0.25) is 9.89 Å². The van der Waals surface area contributed by atoms with Crippen LogP contribution in [-0.2, 0) is 13.1 Å². The second-order valence-electron chi connectivity index (χ2n) is 3.45. The Labute approximate surface area is 103 Å². The molecule has 2 N–H and O–H groups in total. The van der Waals surface area contributed by atoms with Crippen LogP contribution in [0, 0.1) is 0 Å². The molecule has 7 heteroatoms. The molecule has 0 atom stereocenters. The molecule has 0 aromatic carbocycles. The van der Waals surface area contributed by atoms with Gasteiger partial charge in [0.1, 0.15) is 5.02 Å². The van der Waals surface area contributed by atoms with Gasteiger partial charge in [-0.15, -0.1) is 0 Å². The largest absolute Gasteiger partial charge is 0.378 e. The number of H-pyrrole nitrogens is 1. The fraction of sp³-hybridized carbons (Fsp3) is 0.300. The van der Waals surface area contributed by atoms with Crippen LogP contribution in [-0.4, -0.2) is 20.0 Å². The van der Waals surface area contributed by atoms with E-state index < -0.39 is 0 Å². The van der Waals surface area contributed by atoms with E-state index >= 15 is 0 Å². The van der Waals surface area contributed by atoms with Gasteiger partial charge in [-0.05, 0) is 6.92 Å². The zero-order valence-electron chi connectivity index (χ0n) is 9.27. The van der Waals surface area contributed by atoms with Crippen molar-refractivity contribution in [2.24, 2.45) is 0 Å². The zero-order chi connectivity index (χ0) is 12.3. The Kier molecular flexibility index (Phi) is 3.43. The summed E-state index contributed by atoms with van der Waals surface area (Å²) in [4.78, 5) is 11.7. The summed E-state index contributed by atoms with van der Waals surface area (Å²) in [7, 11) is 0. The lowest BCUT2D eigenvalue weighted by Gasteiger charge is -2.08. The standard InChI is InChI=1S/C10H12ClN5O/c1-2-16-10(17)9(11)8(6-15-16)12-3-7-4-13-14-5-7/h4-6,12H,2-3H2,1H3,(H,13,14). The van der Waals surface area contributed by atoms with Crippen molar-refractivity contribution in [1.82, 2.24) is 20.0 Å². The van der Waals surface area contributed by atoms with Crippen molar-refractivity contribution in [1.29, 1.82) is 0 Å². The van der Waals surface area contributed by atoms with E-state index in [-0.39, 0.29) is 10.6 Å². The van der Waals surface area contributed by atoms with Crippen LogP contribution in [0.3, 0.4) is 0 Å². The highest BCUT2D eigenvalue weighted by molar-refractivity contribution is 6.32. The normalized spacial score (nSPS) is 10.5. The highest BCUT2D eigenvalue weighted by Crippen LogP contribution is 2.15. The minimum atomic E-state index is -0.286. The molecule has 90 valence electrons. The highest BCUT2D eigenvalue weighted by Gasteiger charge is 2.07. The maximum absolute atomic E-state index is 11.7. The van der Waals surface area contributed by atoms with Crippen molar-refractivity contribution >= 4 is 17.3 Å². The van der Waals surface area contributed by atoms with E-state index in [2.05, 4.69) is 20.6 Å². The molecular formula is C10H12ClN5O. The molecule has 0 saturated carbocycles. The molecule has 2 aromatic heterocycles. The van der Waals surface area contributed by atoms with E-state index in [0.717, 1.165) is 5.56 Å². The molecule has 17 heavy (non-hydrogen) atoms. The molecule has 6 nitrogen and oxygen atoms in total. The Balaban J connectivity index is 2.17. The summed E-state index contributed by atoms with van der Waals surface area (Å²) in [6.07, 6.45) is 5.01. The summed E-state index contributed by atoms with van der Waals surface area (Å²) in [6, 6.07) is 0. The summed E-state index contributed by atoms with van der Waals surface area (Å²) < 4.78 is 1.31. The van der Waals surface area contributed by atoms with Crippen molar-refractivity contribution in [2.75, 3.05) is 5.32 Å². The molecule has 0 fully saturated rings. The van der Waals surface area contributed by atoms with Gasteiger partial charge < -0.3 is 5.32 Å². The Hall–Kier alpha value is -1.82. The lowest BCUT2D eigenvalue weighted by molar-refractivity contribution is 0.616. The number of rotatable bonds is 4. The third-order valence-corrected chi connectivity index (χ3v) is 2.69. The molecule has 0 radical (unpaired) electrons. The Morgan fingerprint density at radius 3 is 3.00 bits per heavy atom. The van der Waals surface area contributed by atoms with Crippen LogP contribution < -0.4 is 10.9 Å². The minimum Gasteiger partial charge on any atom is -0.378 e. The molecule has 0 amide bonds. The molecular weight excluding hydrogens is 242 g/mol. The Morgan fingerprint density at radius 2 is 2.35 bits per heavy atom. The first kappa shape index (κ1) is 11.7. The number of nitrogens with zero attached hydrogens (tertiary/aromatic N) is 3. The van der Waals surface area contributed by atoms with Crippen molar-refractivity contribution < 1.29 is 0 Å². The van der Waals surface area contributed by atoms with Gasteiger partial charge in [0.25, 0.3) is 5.56 Å². The fourth-order valence-corrected chi connectivity index (χ4v) is 1.60. The summed E-state index contributed by atoms with van der Waals surface area (Å²) in [5.74, 6) is 0. The van der Waals surface area contributed by atoms with Crippen molar-refractivity contribution in [3.63, 3.8) is 0 Å². The van der Waals surface area contributed by atoms with E-state index in [1.165, 1.54) is 4.68 Å². The topological polar surface area (TPSA) is 75.6 Å². The maximum Gasteiger partial charge on any atom is 0.287 e. The second kappa shape index (κ2) is 5.01. The van der Waals surface area contributed by atoms with Crippen LogP contribution in [0.4, 0.5) is 5.69 Å². The van der Waals surface area contributed by atoms with Crippen molar-refractivity contribution in [3.05, 3.63) is 39.5 Å². The monoisotopic (exact) mass is 253 g/mol. The van der Waals surface area contributed by atoms with Gasteiger partial charge in [-0.2, -0.15) is 10.2 Å². The third-order valence-electron chi connectivity index (χ3n) is 2.32. The van der Waals surface area contributed by atoms with Crippen LogP contribution in [0.25, 0.3) is 0 Å². The first-order valence-electron chi connectivity index (χ1n) is 5.19. The predicted molar refractivity (Wildman–Crippen MR) is 65.1 cm³/mol. The maximum atomic E-state index is 11.7. The van der Waals surface area contributed by atoms with Gasteiger partial charge in [0.2, 0.25) is 0 Å². The molecule has 0 aliphatic carbocycles. The summed E-state index contributed by atoms with van der Waals surface area (Å²) in [6.45, 7) is 2.87. The lowest BCUT2D eigenvalue weighted by atomic mass is 10.3. The van der Waals surface area contributed by atoms with E-state index in [4.69, 9.17) is 11.6 Å². The number of anilines is 1. The number of hydrogen-bond donors (Lipinski definition) is 2. The van der Waals surface area contributed by atoms with Gasteiger partial charge in [0, 0.05) is 24.8 Å². The quantitative estimate of drug-likeness (QED) is 0.860. The van der Waals surface area contributed by atoms with Gasteiger partial charge in [-0.25, -0.2) is 4.68 Å². The van der Waals surface area contributed by atoms with Crippen molar-refractivity contribution in [3.8, 4) is 0 Å². The van der Waals surface area contributed by atoms with Gasteiger partial charge in [-0.1, -0.05) is 11.6 Å². The molecule has 0 unspecified atom stereocenters. The average Bonchev–Trinajstić information content (AvgIpc) is 2.84. The van der Waals surface area contributed by atoms with Gasteiger partial charge in [0.15, 0.2) is 0 Å². The zero-order valence-corrected chi connectivity index (χ0v) is 10.0. The number of aromatic nitrogens is 4. The van der Waals surface area contributed by atoms with Crippen molar-refractivity contribution in [2.45, 2.75) is 20.0 Å². The van der Waals surface area contributed by atoms with Crippen LogP contribution >= 0.6 is 11.6 Å². The Morgan fingerprint density at radius 1 is 1.53 bits per heavy atom. The Bertz CT molecular complexity index is 548. The van der Waals surface area contributed by atoms with Gasteiger partial charge >= 0.3 is 0 Å². The molecule has 0 saturated heterocycles. The predicted octanol–water partition coefficient (Wildman–Crippen LogP) is 1.25. The van der Waals surface area contributed by atoms with E-state index in [9.17, 15) is 4.79 Å². The highest BCUT2D eigenvalue weighted by atomic mass is 35.5. The number of aromatic amines is 1. The number of halogens is 1. The number of hydrogen-bond acceptors (Lipinski definition) is 4. The summed E-state index contributed by atoms with van der Waals surface area (Å²) >= 11 is 5.96. The minimum absolute atomic E-state index is 0.158. The second-order valence-corrected chi connectivity index (χ2v) is 3.83. The van der Waals surface area contributed by atoms with Gasteiger partial charge in [0.05, 0.1) is 18.1 Å². The lowest BCUT2D eigenvalue weighted by Crippen LogP contribution is -2.23. The molecule has 2 heterocycles. The van der Waals surface area contributed by atoms with E-state index in [1.807, 2.05) is 6.92 Å². The molecule has 2 aromatic rings. The molecule has 2 rings (SSSR count). The van der Waals surface area contributed by atoms with Crippen LogP contribution in [0.15, 0.2) is 23.4 Å². The van der Waals surface area contributed by atoms with Crippen LogP contribution in [0.1, 0.15) is 12.5 Å².